The van der Waals surface area contributed by atoms with Gasteiger partial charge in [-0.1, -0.05) is 40.5 Å². The lowest BCUT2D eigenvalue weighted by atomic mass is 9.77. The third-order valence-corrected chi connectivity index (χ3v) is 10.4. The summed E-state index contributed by atoms with van der Waals surface area (Å²) in [5, 5.41) is 0. The molecule has 3 heterocycles. The predicted octanol–water partition coefficient (Wildman–Crippen LogP) is 5.17. The van der Waals surface area contributed by atoms with Crippen molar-refractivity contribution in [3.63, 3.8) is 0 Å². The first-order chi connectivity index (χ1) is 20.6. The number of ether oxygens (including phenoxy) is 3. The van der Waals surface area contributed by atoms with Crippen LogP contribution in [0.3, 0.4) is 0 Å². The second kappa shape index (κ2) is 11.7. The molecule has 1 aromatic heterocycles. The second-order valence-corrected chi connectivity index (χ2v) is 14.3. The molecule has 3 fully saturated rings. The van der Waals surface area contributed by atoms with Crippen LogP contribution < -0.4 is 9.47 Å². The molecule has 0 N–H and O–H groups in total. The second-order valence-electron chi connectivity index (χ2n) is 14.3. The van der Waals surface area contributed by atoms with Crippen LogP contribution in [0.25, 0.3) is 11.0 Å². The largest absolute Gasteiger partial charge is 0.497 e. The first kappa shape index (κ1) is 29.8. The van der Waals surface area contributed by atoms with Gasteiger partial charge in [-0.2, -0.15) is 0 Å². The molecule has 2 bridgehead atoms. The summed E-state index contributed by atoms with van der Waals surface area (Å²) in [7, 11) is 1.62. The number of nitrogens with zero attached hydrogens (tertiary/aromatic N) is 3. The zero-order valence-electron chi connectivity index (χ0n) is 26.1. The number of carbonyl (C=O) groups excluding carboxylic acids is 3. The molecule has 2 aliphatic carbocycles. The first-order valence-corrected chi connectivity index (χ1v) is 16.0. The lowest BCUT2D eigenvalue weighted by Gasteiger charge is -2.34. The Kier molecular flexibility index (Phi) is 8.11. The molecular weight excluding hydrogens is 546 g/mol. The van der Waals surface area contributed by atoms with Gasteiger partial charge < -0.3 is 23.9 Å². The van der Waals surface area contributed by atoms with E-state index in [2.05, 4.69) is 0 Å². The SMILES string of the molecule is COc1ccc2nc3c(nc2c1)O[C@H]1CN(C(=O)[C@H](C(C)(C)C)CC(=O)O[C@@H]2C[C@@H]4C[C@@H]4[C@H]2CCCCC3)[C@H](C=O)[C@@H]1C. The summed E-state index contributed by atoms with van der Waals surface area (Å²) >= 11 is 0. The van der Waals surface area contributed by atoms with Crippen molar-refractivity contribution in [2.45, 2.75) is 97.3 Å². The van der Waals surface area contributed by atoms with E-state index in [4.69, 9.17) is 24.2 Å². The molecule has 1 amide bonds. The quantitative estimate of drug-likeness (QED) is 0.348. The van der Waals surface area contributed by atoms with Crippen molar-refractivity contribution in [3.8, 4) is 11.6 Å². The van der Waals surface area contributed by atoms with Crippen molar-refractivity contribution in [2.75, 3.05) is 13.7 Å². The number of hydrogen-bond acceptors (Lipinski definition) is 8. The van der Waals surface area contributed by atoms with E-state index in [9.17, 15) is 14.4 Å². The van der Waals surface area contributed by atoms with Crippen LogP contribution in [0.5, 0.6) is 11.6 Å². The Morgan fingerprint density at radius 3 is 2.56 bits per heavy atom. The van der Waals surface area contributed by atoms with E-state index in [-0.39, 0.29) is 36.9 Å². The van der Waals surface area contributed by atoms with Gasteiger partial charge in [0.05, 0.1) is 43.1 Å². The van der Waals surface area contributed by atoms with Crippen molar-refractivity contribution in [1.29, 1.82) is 0 Å². The molecule has 4 aliphatic rings. The number of aldehydes is 1. The fourth-order valence-corrected chi connectivity index (χ4v) is 7.69. The van der Waals surface area contributed by atoms with E-state index in [0.717, 1.165) is 49.6 Å². The Morgan fingerprint density at radius 2 is 1.81 bits per heavy atom. The number of hydrogen-bond donors (Lipinski definition) is 0. The van der Waals surface area contributed by atoms with Gasteiger partial charge in [-0.15, -0.1) is 0 Å². The molecule has 9 heteroatoms. The minimum atomic E-state index is -0.663. The highest BCUT2D eigenvalue weighted by Crippen LogP contribution is 2.58. The highest BCUT2D eigenvalue weighted by Gasteiger charge is 2.54. The summed E-state index contributed by atoms with van der Waals surface area (Å²) in [6.07, 6.45) is 7.30. The van der Waals surface area contributed by atoms with Gasteiger partial charge in [0.2, 0.25) is 11.8 Å². The molecule has 2 aromatic rings. The van der Waals surface area contributed by atoms with Crippen LogP contribution in [0.2, 0.25) is 0 Å². The summed E-state index contributed by atoms with van der Waals surface area (Å²) in [4.78, 5) is 51.3. The standard InChI is InChI=1S/C34H45N3O6/c1-19-28(18-38)37-17-30(19)43-32-26(35-25-12-11-21(41-5)15-27(25)36-32)10-8-6-7-9-22-23-13-20(23)14-29(22)42-31(39)16-24(33(37)40)34(2,3)4/h11-12,15,18-20,22-24,28-30H,6-10,13-14,16-17H2,1-5H3/t19-,20-,22+,23-,24+,28+,29+,30-/m0/s1. The molecular formula is C34H45N3O6. The first-order valence-electron chi connectivity index (χ1n) is 16.0. The highest BCUT2D eigenvalue weighted by molar-refractivity contribution is 5.87. The normalized spacial score (nSPS) is 33.4. The van der Waals surface area contributed by atoms with E-state index in [0.29, 0.717) is 41.3 Å². The van der Waals surface area contributed by atoms with E-state index in [1.807, 2.05) is 45.9 Å². The number of fused-ring (bicyclic) bond motifs is 7. The van der Waals surface area contributed by atoms with Crippen LogP contribution in [-0.2, 0) is 25.5 Å². The summed E-state index contributed by atoms with van der Waals surface area (Å²) in [6.45, 7) is 8.07. The minimum Gasteiger partial charge on any atom is -0.497 e. The number of esters is 1. The molecule has 0 unspecified atom stereocenters. The van der Waals surface area contributed by atoms with Crippen molar-refractivity contribution in [1.82, 2.24) is 14.9 Å². The van der Waals surface area contributed by atoms with Gasteiger partial charge in [0.15, 0.2) is 0 Å². The van der Waals surface area contributed by atoms with Gasteiger partial charge in [-0.05, 0) is 67.4 Å². The lowest BCUT2D eigenvalue weighted by molar-refractivity contribution is -0.158. The van der Waals surface area contributed by atoms with Crippen LogP contribution in [-0.4, -0.2) is 64.9 Å². The zero-order valence-corrected chi connectivity index (χ0v) is 26.1. The van der Waals surface area contributed by atoms with Crippen LogP contribution in [0.4, 0.5) is 0 Å². The van der Waals surface area contributed by atoms with Crippen molar-refractivity contribution >= 4 is 29.2 Å². The van der Waals surface area contributed by atoms with Crippen molar-refractivity contribution < 1.29 is 28.6 Å². The average Bonchev–Trinajstić information content (AvgIpc) is 3.55. The van der Waals surface area contributed by atoms with E-state index < -0.39 is 23.5 Å². The van der Waals surface area contributed by atoms with Gasteiger partial charge in [-0.25, -0.2) is 9.97 Å². The average molecular weight is 592 g/mol. The van der Waals surface area contributed by atoms with Gasteiger partial charge in [0.25, 0.3) is 0 Å². The van der Waals surface area contributed by atoms with Crippen LogP contribution in [0, 0.1) is 35.0 Å². The molecule has 8 atom stereocenters. The lowest BCUT2D eigenvalue weighted by Crippen LogP contribution is -2.46. The van der Waals surface area contributed by atoms with Crippen LogP contribution in [0.15, 0.2) is 18.2 Å². The minimum absolute atomic E-state index is 0.00496. The molecule has 1 aromatic carbocycles. The van der Waals surface area contributed by atoms with Gasteiger partial charge >= 0.3 is 5.97 Å². The fraction of sp³-hybridized carbons (Fsp3) is 0.676. The summed E-state index contributed by atoms with van der Waals surface area (Å²) in [5.74, 6) is 1.45. The number of carbonyl (C=O) groups is 3. The Balaban J connectivity index is 1.34. The third kappa shape index (κ3) is 5.96. The smallest absolute Gasteiger partial charge is 0.306 e. The van der Waals surface area contributed by atoms with Crippen LogP contribution >= 0.6 is 0 Å². The molecule has 0 spiro atoms. The molecule has 232 valence electrons. The van der Waals surface area contributed by atoms with E-state index in [1.54, 1.807) is 12.0 Å². The Morgan fingerprint density at radius 1 is 1.00 bits per heavy atom. The molecule has 2 saturated carbocycles. The molecule has 9 nitrogen and oxygen atoms in total. The third-order valence-electron chi connectivity index (χ3n) is 10.4. The Hall–Kier alpha value is -3.23. The highest BCUT2D eigenvalue weighted by atomic mass is 16.5. The summed E-state index contributed by atoms with van der Waals surface area (Å²) < 4.78 is 18.1. The number of methoxy groups -OCH3 is 1. The van der Waals surface area contributed by atoms with Gasteiger partial charge in [0, 0.05) is 12.0 Å². The predicted molar refractivity (Wildman–Crippen MR) is 161 cm³/mol. The molecule has 43 heavy (non-hydrogen) atoms. The van der Waals surface area contributed by atoms with Crippen molar-refractivity contribution in [2.24, 2.45) is 35.0 Å². The number of aryl methyl sites for hydroxylation is 1. The van der Waals surface area contributed by atoms with Crippen molar-refractivity contribution in [3.05, 3.63) is 23.9 Å². The molecule has 2 aliphatic heterocycles. The Labute approximate surface area is 254 Å². The number of amides is 1. The zero-order chi connectivity index (χ0) is 30.5. The maximum atomic E-state index is 14.1. The maximum absolute atomic E-state index is 14.1. The fourth-order valence-electron chi connectivity index (χ4n) is 7.69. The van der Waals surface area contributed by atoms with E-state index in [1.165, 1.54) is 6.42 Å². The maximum Gasteiger partial charge on any atom is 0.306 e. The number of rotatable bonds is 2. The molecule has 0 radical (unpaired) electrons. The summed E-state index contributed by atoms with van der Waals surface area (Å²) in [6, 6.07) is 4.97. The molecule has 6 rings (SSSR count). The number of benzene rings is 1. The monoisotopic (exact) mass is 591 g/mol. The van der Waals surface area contributed by atoms with Gasteiger partial charge in [-0.3, -0.25) is 9.59 Å². The van der Waals surface area contributed by atoms with Gasteiger partial charge in [0.1, 0.15) is 29.9 Å². The topological polar surface area (TPSA) is 108 Å². The molecule has 1 saturated heterocycles. The number of aromatic nitrogens is 2. The Bertz CT molecular complexity index is 1390. The van der Waals surface area contributed by atoms with E-state index >= 15 is 0 Å². The summed E-state index contributed by atoms with van der Waals surface area (Å²) in [5.41, 5.74) is 1.74. The van der Waals surface area contributed by atoms with Crippen LogP contribution in [0.1, 0.15) is 78.3 Å².